The van der Waals surface area contributed by atoms with E-state index in [0.717, 1.165) is 16.8 Å². The van der Waals surface area contributed by atoms with Crippen molar-refractivity contribution >= 4 is 23.2 Å². The Balaban J connectivity index is 1.59. The highest BCUT2D eigenvalue weighted by Crippen LogP contribution is 2.35. The van der Waals surface area contributed by atoms with Crippen LogP contribution in [0.5, 0.6) is 0 Å². The molecule has 3 aromatic rings. The third kappa shape index (κ3) is 2.91. The number of carbonyl (C=O) groups is 1. The predicted molar refractivity (Wildman–Crippen MR) is 95.6 cm³/mol. The second-order valence-corrected chi connectivity index (χ2v) is 6.54. The van der Waals surface area contributed by atoms with Crippen LogP contribution in [0.25, 0.3) is 11.4 Å². The maximum Gasteiger partial charge on any atom is 0.232 e. The number of nitrogens with zero attached hydrogens (tertiary/aromatic N) is 3. The third-order valence-electron chi connectivity index (χ3n) is 4.45. The number of para-hydroxylation sites is 1. The summed E-state index contributed by atoms with van der Waals surface area (Å²) in [5.74, 6) is 0.917. The Labute approximate surface area is 150 Å². The summed E-state index contributed by atoms with van der Waals surface area (Å²) in [6.45, 7) is 2.49. The molecule has 6 heteroatoms. The van der Waals surface area contributed by atoms with Crippen molar-refractivity contribution in [2.75, 3.05) is 11.4 Å². The number of anilines is 1. The summed E-state index contributed by atoms with van der Waals surface area (Å²) in [4.78, 5) is 18.6. The van der Waals surface area contributed by atoms with Crippen molar-refractivity contribution in [3.05, 3.63) is 65.0 Å². The summed E-state index contributed by atoms with van der Waals surface area (Å²) in [5.41, 5.74) is 2.73. The molecule has 2 heterocycles. The van der Waals surface area contributed by atoms with Crippen molar-refractivity contribution in [2.24, 2.45) is 0 Å². The van der Waals surface area contributed by atoms with E-state index in [4.69, 9.17) is 16.1 Å². The molecule has 25 heavy (non-hydrogen) atoms. The standard InChI is InChI=1S/C19H16ClN3O2/c1-12-6-2-3-7-14(12)18-21-19(25-22-18)13-10-17(24)23(11-13)16-9-5-4-8-15(16)20/h2-9,13H,10-11H2,1H3. The molecule has 1 saturated heterocycles. The first kappa shape index (κ1) is 15.8. The van der Waals surface area contributed by atoms with Crippen LogP contribution in [-0.2, 0) is 4.79 Å². The maximum absolute atomic E-state index is 12.4. The van der Waals surface area contributed by atoms with Gasteiger partial charge in [0.1, 0.15) is 0 Å². The van der Waals surface area contributed by atoms with E-state index in [2.05, 4.69) is 10.1 Å². The van der Waals surface area contributed by atoms with Gasteiger partial charge in [-0.1, -0.05) is 53.2 Å². The molecule has 0 saturated carbocycles. The number of aromatic nitrogens is 2. The summed E-state index contributed by atoms with van der Waals surface area (Å²) in [6.07, 6.45) is 0.334. The van der Waals surface area contributed by atoms with Gasteiger partial charge < -0.3 is 9.42 Å². The fourth-order valence-electron chi connectivity index (χ4n) is 3.11. The van der Waals surface area contributed by atoms with E-state index < -0.39 is 0 Å². The van der Waals surface area contributed by atoms with E-state index in [1.165, 1.54) is 0 Å². The number of aryl methyl sites for hydroxylation is 1. The van der Waals surface area contributed by atoms with Gasteiger partial charge in [0.05, 0.1) is 16.6 Å². The summed E-state index contributed by atoms with van der Waals surface area (Å²) in [5, 5.41) is 4.65. The van der Waals surface area contributed by atoms with Gasteiger partial charge in [0.25, 0.3) is 0 Å². The average Bonchev–Trinajstić information content (AvgIpc) is 3.23. The number of hydrogen-bond donors (Lipinski definition) is 0. The molecule has 4 rings (SSSR count). The van der Waals surface area contributed by atoms with Crippen LogP contribution in [0.1, 0.15) is 23.8 Å². The van der Waals surface area contributed by atoms with E-state index in [1.54, 1.807) is 11.0 Å². The van der Waals surface area contributed by atoms with Crippen molar-refractivity contribution in [3.8, 4) is 11.4 Å². The molecule has 0 spiro atoms. The first-order chi connectivity index (χ1) is 12.1. The van der Waals surface area contributed by atoms with Gasteiger partial charge in [0, 0.05) is 18.5 Å². The van der Waals surface area contributed by atoms with Gasteiger partial charge in [0.15, 0.2) is 0 Å². The molecule has 126 valence electrons. The van der Waals surface area contributed by atoms with E-state index >= 15 is 0 Å². The topological polar surface area (TPSA) is 59.2 Å². The van der Waals surface area contributed by atoms with Gasteiger partial charge >= 0.3 is 0 Å². The van der Waals surface area contributed by atoms with Gasteiger partial charge in [-0.3, -0.25) is 4.79 Å². The normalized spacial score (nSPS) is 17.3. The Morgan fingerprint density at radius 3 is 2.72 bits per heavy atom. The van der Waals surface area contributed by atoms with Crippen molar-refractivity contribution in [2.45, 2.75) is 19.3 Å². The molecular weight excluding hydrogens is 338 g/mol. The van der Waals surface area contributed by atoms with E-state index in [-0.39, 0.29) is 11.8 Å². The third-order valence-corrected chi connectivity index (χ3v) is 4.76. The van der Waals surface area contributed by atoms with Gasteiger partial charge in [-0.05, 0) is 24.6 Å². The van der Waals surface area contributed by atoms with Gasteiger partial charge in [0.2, 0.25) is 17.6 Å². The second-order valence-electron chi connectivity index (χ2n) is 6.13. The first-order valence-corrected chi connectivity index (χ1v) is 8.46. The zero-order valence-corrected chi connectivity index (χ0v) is 14.4. The van der Waals surface area contributed by atoms with Crippen LogP contribution in [0.15, 0.2) is 53.1 Å². The van der Waals surface area contributed by atoms with Crippen molar-refractivity contribution < 1.29 is 9.32 Å². The average molecular weight is 354 g/mol. The molecule has 1 atom stereocenters. The number of amides is 1. The van der Waals surface area contributed by atoms with Crippen LogP contribution < -0.4 is 4.90 Å². The smallest absolute Gasteiger partial charge is 0.232 e. The molecule has 5 nitrogen and oxygen atoms in total. The summed E-state index contributed by atoms with van der Waals surface area (Å²) in [7, 11) is 0. The largest absolute Gasteiger partial charge is 0.339 e. The summed E-state index contributed by atoms with van der Waals surface area (Å²) < 4.78 is 5.45. The van der Waals surface area contributed by atoms with Crippen LogP contribution in [0.2, 0.25) is 5.02 Å². The lowest BCUT2D eigenvalue weighted by Gasteiger charge is -2.17. The van der Waals surface area contributed by atoms with Crippen molar-refractivity contribution in [1.29, 1.82) is 0 Å². The zero-order valence-electron chi connectivity index (χ0n) is 13.6. The van der Waals surface area contributed by atoms with Crippen molar-refractivity contribution in [3.63, 3.8) is 0 Å². The molecule has 2 aromatic carbocycles. The lowest BCUT2D eigenvalue weighted by molar-refractivity contribution is -0.117. The van der Waals surface area contributed by atoms with Crippen LogP contribution in [0.3, 0.4) is 0 Å². The first-order valence-electron chi connectivity index (χ1n) is 8.08. The molecule has 0 N–H and O–H groups in total. The number of halogens is 1. The lowest BCUT2D eigenvalue weighted by atomic mass is 10.1. The van der Waals surface area contributed by atoms with Crippen LogP contribution in [-0.4, -0.2) is 22.6 Å². The zero-order chi connectivity index (χ0) is 17.4. The minimum Gasteiger partial charge on any atom is -0.339 e. The molecule has 1 aromatic heterocycles. The number of hydrogen-bond acceptors (Lipinski definition) is 4. The molecular formula is C19H16ClN3O2. The quantitative estimate of drug-likeness (QED) is 0.707. The maximum atomic E-state index is 12.4. The highest BCUT2D eigenvalue weighted by Gasteiger charge is 2.35. The Hall–Kier alpha value is -2.66. The summed E-state index contributed by atoms with van der Waals surface area (Å²) in [6, 6.07) is 15.2. The Bertz CT molecular complexity index is 938. The highest BCUT2D eigenvalue weighted by molar-refractivity contribution is 6.33. The molecule has 1 unspecified atom stereocenters. The van der Waals surface area contributed by atoms with E-state index in [1.807, 2.05) is 49.4 Å². The number of carbonyl (C=O) groups excluding carboxylic acids is 1. The monoisotopic (exact) mass is 353 g/mol. The summed E-state index contributed by atoms with van der Waals surface area (Å²) >= 11 is 6.22. The van der Waals surface area contributed by atoms with Crippen molar-refractivity contribution in [1.82, 2.24) is 10.1 Å². The molecule has 1 aliphatic rings. The minimum atomic E-state index is -0.131. The fraction of sp³-hybridized carbons (Fsp3) is 0.211. The molecule has 1 aliphatic heterocycles. The number of benzene rings is 2. The Morgan fingerprint density at radius 1 is 1.16 bits per heavy atom. The number of rotatable bonds is 3. The highest BCUT2D eigenvalue weighted by atomic mass is 35.5. The molecule has 0 bridgehead atoms. The molecule has 0 aliphatic carbocycles. The molecule has 1 amide bonds. The molecule has 0 radical (unpaired) electrons. The second kappa shape index (κ2) is 6.33. The Kier molecular flexibility index (Phi) is 4.01. The lowest BCUT2D eigenvalue weighted by Crippen LogP contribution is -2.24. The Morgan fingerprint density at radius 2 is 1.92 bits per heavy atom. The van der Waals surface area contributed by atoms with Gasteiger partial charge in [-0.25, -0.2) is 0 Å². The van der Waals surface area contributed by atoms with Gasteiger partial charge in [-0.15, -0.1) is 0 Å². The van der Waals surface area contributed by atoms with Crippen LogP contribution in [0.4, 0.5) is 5.69 Å². The van der Waals surface area contributed by atoms with E-state index in [9.17, 15) is 4.79 Å². The van der Waals surface area contributed by atoms with Crippen LogP contribution in [0, 0.1) is 6.92 Å². The molecule has 1 fully saturated rings. The minimum absolute atomic E-state index is 0.00809. The van der Waals surface area contributed by atoms with Crippen LogP contribution >= 0.6 is 11.6 Å². The fourth-order valence-corrected chi connectivity index (χ4v) is 3.35. The van der Waals surface area contributed by atoms with Gasteiger partial charge in [-0.2, -0.15) is 4.98 Å². The predicted octanol–water partition coefficient (Wildman–Crippen LogP) is 4.22. The SMILES string of the molecule is Cc1ccccc1-c1noc(C2CC(=O)N(c3ccccc3Cl)C2)n1. The van der Waals surface area contributed by atoms with E-state index in [0.29, 0.717) is 29.7 Å².